The van der Waals surface area contributed by atoms with E-state index in [-0.39, 0.29) is 11.9 Å². The van der Waals surface area contributed by atoms with E-state index in [9.17, 15) is 4.79 Å². The van der Waals surface area contributed by atoms with Crippen LogP contribution in [0.3, 0.4) is 0 Å². The maximum Gasteiger partial charge on any atom is 0.255 e. The van der Waals surface area contributed by atoms with Gasteiger partial charge in [0.15, 0.2) is 0 Å². The molecule has 1 aliphatic heterocycles. The van der Waals surface area contributed by atoms with Gasteiger partial charge in [-0.3, -0.25) is 9.36 Å². The second kappa shape index (κ2) is 9.80. The summed E-state index contributed by atoms with van der Waals surface area (Å²) in [5.74, 6) is 0.595. The zero-order valence-electron chi connectivity index (χ0n) is 22.6. The Morgan fingerprint density at radius 1 is 0.872 bits per heavy atom. The maximum atomic E-state index is 14.0. The van der Waals surface area contributed by atoms with Gasteiger partial charge in [-0.1, -0.05) is 60.2 Å². The first kappa shape index (κ1) is 24.5. The molecule has 6 nitrogen and oxygen atoms in total. The first-order valence-electron chi connectivity index (χ1n) is 13.1. The predicted octanol–water partition coefficient (Wildman–Crippen LogP) is 7.46. The summed E-state index contributed by atoms with van der Waals surface area (Å²) in [7, 11) is 2.05. The van der Waals surface area contributed by atoms with Crippen molar-refractivity contribution in [1.82, 2.24) is 9.55 Å². The number of imidazole rings is 1. The highest BCUT2D eigenvalue weighted by Crippen LogP contribution is 2.39. The van der Waals surface area contributed by atoms with E-state index in [1.165, 1.54) is 0 Å². The second-order valence-electron chi connectivity index (χ2n) is 10.1. The van der Waals surface area contributed by atoms with E-state index < -0.39 is 0 Å². The van der Waals surface area contributed by atoms with Gasteiger partial charge in [0.05, 0.1) is 22.6 Å². The van der Waals surface area contributed by atoms with Gasteiger partial charge in [-0.05, 0) is 74.4 Å². The molecule has 1 unspecified atom stereocenters. The molecular formula is C33H31N5O. The number of hydrogen-bond acceptors (Lipinski definition) is 4. The van der Waals surface area contributed by atoms with Crippen molar-refractivity contribution in [2.45, 2.75) is 26.8 Å². The van der Waals surface area contributed by atoms with Crippen LogP contribution in [0.5, 0.6) is 0 Å². The molecule has 2 heterocycles. The fraction of sp³-hybridized carbons (Fsp3) is 0.152. The van der Waals surface area contributed by atoms with Crippen LogP contribution < -0.4 is 15.5 Å². The standard InChI is InChI=1S/C33H31N5O/c1-21-14-19-27(22(2)20-21)34-32(39)30-23(3)38-29-13-9-8-12-28(29)35-33(38)36-31(30)24-15-17-26(18-16-24)37(4)25-10-6-5-7-11-25/h5-20,31H,1-4H3,(H,34,39)(H,35,36). The minimum atomic E-state index is -0.365. The van der Waals surface area contributed by atoms with Crippen LogP contribution in [0.15, 0.2) is 103 Å². The lowest BCUT2D eigenvalue weighted by molar-refractivity contribution is -0.113. The fourth-order valence-electron chi connectivity index (χ4n) is 5.37. The molecule has 0 spiro atoms. The van der Waals surface area contributed by atoms with Crippen molar-refractivity contribution < 1.29 is 4.79 Å². The summed E-state index contributed by atoms with van der Waals surface area (Å²) in [6.45, 7) is 6.07. The number of amides is 1. The third kappa shape index (κ3) is 4.44. The molecule has 0 aliphatic carbocycles. The van der Waals surface area contributed by atoms with Crippen LogP contribution in [0.2, 0.25) is 0 Å². The molecule has 0 bridgehead atoms. The third-order valence-electron chi connectivity index (χ3n) is 7.48. The third-order valence-corrected chi connectivity index (χ3v) is 7.48. The molecule has 0 fully saturated rings. The molecule has 0 saturated carbocycles. The van der Waals surface area contributed by atoms with Gasteiger partial charge in [-0.2, -0.15) is 0 Å². The number of allylic oxidation sites excluding steroid dienone is 1. The van der Waals surface area contributed by atoms with Gasteiger partial charge in [0.2, 0.25) is 5.95 Å². The lowest BCUT2D eigenvalue weighted by atomic mass is 9.94. The predicted molar refractivity (Wildman–Crippen MR) is 160 cm³/mol. The first-order valence-corrected chi connectivity index (χ1v) is 13.1. The monoisotopic (exact) mass is 513 g/mol. The largest absolute Gasteiger partial charge is 0.345 e. The summed E-state index contributed by atoms with van der Waals surface area (Å²) in [5, 5.41) is 6.75. The van der Waals surface area contributed by atoms with Gasteiger partial charge in [0.1, 0.15) is 0 Å². The molecule has 6 heteroatoms. The van der Waals surface area contributed by atoms with Gasteiger partial charge in [-0.25, -0.2) is 4.98 Å². The molecule has 6 rings (SSSR count). The van der Waals surface area contributed by atoms with Crippen LogP contribution in [-0.4, -0.2) is 22.5 Å². The van der Waals surface area contributed by atoms with Crippen molar-refractivity contribution in [3.05, 3.63) is 119 Å². The Hall–Kier alpha value is -4.84. The van der Waals surface area contributed by atoms with Crippen molar-refractivity contribution >= 4 is 45.6 Å². The molecule has 1 atom stereocenters. The van der Waals surface area contributed by atoms with Crippen LogP contribution in [0.1, 0.15) is 29.7 Å². The molecule has 0 saturated heterocycles. The smallest absolute Gasteiger partial charge is 0.255 e. The van der Waals surface area contributed by atoms with E-state index in [0.29, 0.717) is 5.57 Å². The maximum absolute atomic E-state index is 14.0. The Kier molecular flexibility index (Phi) is 6.15. The Bertz CT molecular complexity index is 1720. The Balaban J connectivity index is 1.41. The van der Waals surface area contributed by atoms with Crippen LogP contribution in [0.4, 0.5) is 23.0 Å². The molecule has 2 N–H and O–H groups in total. The minimum Gasteiger partial charge on any atom is -0.345 e. The van der Waals surface area contributed by atoms with Gasteiger partial charge >= 0.3 is 0 Å². The number of hydrogen-bond donors (Lipinski definition) is 2. The Morgan fingerprint density at radius 3 is 2.31 bits per heavy atom. The number of fused-ring (bicyclic) bond motifs is 3. The zero-order valence-corrected chi connectivity index (χ0v) is 22.6. The average molecular weight is 514 g/mol. The van der Waals surface area contributed by atoms with E-state index in [1.807, 2.05) is 73.0 Å². The molecule has 1 aromatic heterocycles. The van der Waals surface area contributed by atoms with E-state index in [2.05, 4.69) is 72.0 Å². The molecule has 39 heavy (non-hydrogen) atoms. The van der Waals surface area contributed by atoms with E-state index in [4.69, 9.17) is 4.98 Å². The number of nitrogens with zero attached hydrogens (tertiary/aromatic N) is 3. The summed E-state index contributed by atoms with van der Waals surface area (Å²) < 4.78 is 2.04. The van der Waals surface area contributed by atoms with Crippen molar-refractivity contribution in [2.75, 3.05) is 22.6 Å². The van der Waals surface area contributed by atoms with E-state index in [0.717, 1.165) is 56.4 Å². The summed E-state index contributed by atoms with van der Waals surface area (Å²) in [6.07, 6.45) is 0. The molecule has 4 aromatic carbocycles. The first-order chi connectivity index (χ1) is 18.9. The van der Waals surface area contributed by atoms with E-state index >= 15 is 0 Å². The molecule has 0 radical (unpaired) electrons. The lowest BCUT2D eigenvalue weighted by Crippen LogP contribution is -2.30. The van der Waals surface area contributed by atoms with Crippen LogP contribution >= 0.6 is 0 Å². The van der Waals surface area contributed by atoms with Gasteiger partial charge < -0.3 is 15.5 Å². The molecular weight excluding hydrogens is 482 g/mol. The average Bonchev–Trinajstić information content (AvgIpc) is 3.33. The summed E-state index contributed by atoms with van der Waals surface area (Å²) >= 11 is 0. The van der Waals surface area contributed by atoms with Crippen molar-refractivity contribution in [3.8, 4) is 0 Å². The number of rotatable bonds is 5. The molecule has 194 valence electrons. The number of carbonyl (C=O) groups is 1. The number of nitrogens with one attached hydrogen (secondary N) is 2. The number of carbonyl (C=O) groups excluding carboxylic acids is 1. The normalized spacial score (nSPS) is 14.6. The molecule has 1 aliphatic rings. The number of para-hydroxylation sites is 3. The van der Waals surface area contributed by atoms with Crippen molar-refractivity contribution in [2.24, 2.45) is 0 Å². The highest BCUT2D eigenvalue weighted by molar-refractivity contribution is 6.10. The Morgan fingerprint density at radius 2 is 1.56 bits per heavy atom. The van der Waals surface area contributed by atoms with Gasteiger partial charge in [-0.15, -0.1) is 0 Å². The van der Waals surface area contributed by atoms with Gasteiger partial charge in [0.25, 0.3) is 5.91 Å². The second-order valence-corrected chi connectivity index (χ2v) is 10.1. The van der Waals surface area contributed by atoms with Gasteiger partial charge in [0, 0.05) is 29.8 Å². The van der Waals surface area contributed by atoms with Crippen molar-refractivity contribution in [1.29, 1.82) is 0 Å². The minimum absolute atomic E-state index is 0.133. The summed E-state index contributed by atoms with van der Waals surface area (Å²) in [4.78, 5) is 21.0. The molecule has 5 aromatic rings. The van der Waals surface area contributed by atoms with Crippen LogP contribution in [0, 0.1) is 13.8 Å². The molecule has 1 amide bonds. The number of anilines is 4. The topological polar surface area (TPSA) is 62.2 Å². The van der Waals surface area contributed by atoms with Crippen LogP contribution in [-0.2, 0) is 4.79 Å². The summed E-state index contributed by atoms with van der Waals surface area (Å²) in [6, 6.07) is 32.3. The van der Waals surface area contributed by atoms with E-state index in [1.54, 1.807) is 0 Å². The van der Waals surface area contributed by atoms with Crippen LogP contribution in [0.25, 0.3) is 16.7 Å². The zero-order chi connectivity index (χ0) is 27.1. The summed E-state index contributed by atoms with van der Waals surface area (Å²) in [5.41, 5.74) is 9.53. The highest BCUT2D eigenvalue weighted by atomic mass is 16.1. The number of aromatic nitrogens is 2. The SMILES string of the molecule is CC1=C(C(=O)Nc2ccc(C)cc2C)C(c2ccc(N(C)c3ccccc3)cc2)Nc2nc3ccccc3n21. The lowest BCUT2D eigenvalue weighted by Gasteiger charge is -2.30. The highest BCUT2D eigenvalue weighted by Gasteiger charge is 2.33. The fourth-order valence-corrected chi connectivity index (χ4v) is 5.37. The Labute approximate surface area is 228 Å². The van der Waals surface area contributed by atoms with Crippen molar-refractivity contribution in [3.63, 3.8) is 0 Å². The number of aryl methyl sites for hydroxylation is 2. The quantitative estimate of drug-likeness (QED) is 0.256. The number of benzene rings is 4.